The number of unbranched alkanes of at least 4 members (excludes halogenated alkanes) is 28. The lowest BCUT2D eigenvalue weighted by Gasteiger charge is -2.19. The van der Waals surface area contributed by atoms with E-state index in [4.69, 9.17) is 9.47 Å². The molecule has 5 heteroatoms. The van der Waals surface area contributed by atoms with Crippen molar-refractivity contribution in [2.24, 2.45) is 0 Å². The lowest BCUT2D eigenvalue weighted by Crippen LogP contribution is -2.28. The van der Waals surface area contributed by atoms with Gasteiger partial charge in [-0.1, -0.05) is 207 Å². The molecule has 0 aromatic heterocycles. The maximum absolute atomic E-state index is 12.7. The van der Waals surface area contributed by atoms with E-state index in [0.29, 0.717) is 26.1 Å². The van der Waals surface area contributed by atoms with E-state index in [1.54, 1.807) is 0 Å². The molecule has 0 N–H and O–H groups in total. The molecule has 0 aromatic rings. The van der Waals surface area contributed by atoms with Crippen LogP contribution in [-0.2, 0) is 19.1 Å². The van der Waals surface area contributed by atoms with Crippen molar-refractivity contribution in [3.05, 3.63) is 0 Å². The highest BCUT2D eigenvalue weighted by Crippen LogP contribution is 2.26. The van der Waals surface area contributed by atoms with Crippen molar-refractivity contribution in [2.45, 2.75) is 244 Å². The van der Waals surface area contributed by atoms with Crippen molar-refractivity contribution in [3.8, 4) is 0 Å². The Balaban J connectivity index is 3.73. The van der Waals surface area contributed by atoms with E-state index in [-0.39, 0.29) is 22.4 Å². The van der Waals surface area contributed by atoms with Crippen molar-refractivity contribution in [1.29, 1.82) is 0 Å². The van der Waals surface area contributed by atoms with Crippen molar-refractivity contribution < 1.29 is 19.1 Å². The molecule has 0 aliphatic heterocycles. The van der Waals surface area contributed by atoms with Gasteiger partial charge in [-0.15, -0.1) is 11.8 Å². The largest absolute Gasteiger partial charge is 0.465 e. The van der Waals surface area contributed by atoms with E-state index in [1.807, 2.05) is 13.8 Å². The first-order valence-electron chi connectivity index (χ1n) is 21.1. The number of carbonyl (C=O) groups is 2. The summed E-state index contributed by atoms with van der Waals surface area (Å²) in [5.41, 5.74) is 0. The second kappa shape index (κ2) is 38.1. The zero-order valence-electron chi connectivity index (χ0n) is 32.2. The molecule has 280 valence electrons. The number of rotatable bonds is 38. The molecular formula is C42H82O4S. The molecule has 2 unspecified atom stereocenters. The maximum Gasteiger partial charge on any atom is 0.319 e. The third-order valence-corrected chi connectivity index (χ3v) is 11.3. The van der Waals surface area contributed by atoms with Crippen LogP contribution in [-0.4, -0.2) is 35.7 Å². The fourth-order valence-corrected chi connectivity index (χ4v) is 7.45. The fourth-order valence-electron chi connectivity index (χ4n) is 6.31. The first-order valence-corrected chi connectivity index (χ1v) is 22.0. The van der Waals surface area contributed by atoms with Gasteiger partial charge in [-0.25, -0.2) is 0 Å². The van der Waals surface area contributed by atoms with E-state index in [9.17, 15) is 9.59 Å². The first-order chi connectivity index (χ1) is 23.1. The monoisotopic (exact) mass is 683 g/mol. The van der Waals surface area contributed by atoms with Gasteiger partial charge < -0.3 is 9.47 Å². The molecule has 0 bridgehead atoms. The molecule has 4 nitrogen and oxygen atoms in total. The number of hydrogen-bond donors (Lipinski definition) is 0. The Morgan fingerprint density at radius 3 is 0.787 bits per heavy atom. The summed E-state index contributed by atoms with van der Waals surface area (Å²) in [5, 5.41) is -0.593. The number of ether oxygens (including phenoxy) is 2. The van der Waals surface area contributed by atoms with Crippen LogP contribution in [0.5, 0.6) is 0 Å². The average molecular weight is 683 g/mol. The topological polar surface area (TPSA) is 52.6 Å². The summed E-state index contributed by atoms with van der Waals surface area (Å²) in [6.45, 7) is 9.55. The van der Waals surface area contributed by atoms with Crippen LogP contribution in [0.3, 0.4) is 0 Å². The maximum atomic E-state index is 12.7. The average Bonchev–Trinajstić information content (AvgIpc) is 3.08. The quantitative estimate of drug-likeness (QED) is 0.0479. The summed E-state index contributed by atoms with van der Waals surface area (Å²) < 4.78 is 11.2. The Bertz CT molecular complexity index is 601. The van der Waals surface area contributed by atoms with Crippen LogP contribution in [0.1, 0.15) is 233 Å². The molecule has 0 saturated heterocycles. The Morgan fingerprint density at radius 2 is 0.574 bits per heavy atom. The molecule has 0 heterocycles. The molecule has 0 saturated carbocycles. The molecule has 0 rings (SSSR count). The van der Waals surface area contributed by atoms with E-state index in [0.717, 1.165) is 25.7 Å². The van der Waals surface area contributed by atoms with Crippen molar-refractivity contribution in [2.75, 3.05) is 13.2 Å². The number of hydrogen-bond acceptors (Lipinski definition) is 5. The van der Waals surface area contributed by atoms with E-state index in [2.05, 4.69) is 13.8 Å². The van der Waals surface area contributed by atoms with Crippen molar-refractivity contribution in [1.82, 2.24) is 0 Å². The zero-order valence-corrected chi connectivity index (χ0v) is 33.1. The molecular weight excluding hydrogens is 601 g/mol. The Kier molecular flexibility index (Phi) is 37.5. The number of carbonyl (C=O) groups excluding carboxylic acids is 2. The summed E-state index contributed by atoms with van der Waals surface area (Å²) >= 11 is 1.43. The predicted octanol–water partition coefficient (Wildman–Crippen LogP) is 14.1. The second-order valence-corrected chi connectivity index (χ2v) is 15.6. The molecule has 47 heavy (non-hydrogen) atoms. The molecule has 0 amide bonds. The summed E-state index contributed by atoms with van der Waals surface area (Å²) in [6, 6.07) is 0. The summed E-state index contributed by atoms with van der Waals surface area (Å²) in [5.74, 6) is -0.340. The Labute approximate surface area is 298 Å². The van der Waals surface area contributed by atoms with Crippen molar-refractivity contribution in [3.63, 3.8) is 0 Å². The molecule has 0 fully saturated rings. The lowest BCUT2D eigenvalue weighted by atomic mass is 10.0. The highest BCUT2D eigenvalue weighted by atomic mass is 32.2. The van der Waals surface area contributed by atoms with Crippen molar-refractivity contribution >= 4 is 23.7 Å². The minimum absolute atomic E-state index is 0.170. The van der Waals surface area contributed by atoms with Gasteiger partial charge in [0.05, 0.1) is 13.2 Å². The first kappa shape index (κ1) is 46.3. The smallest absolute Gasteiger partial charge is 0.319 e. The SMILES string of the molecule is CCCCCCCCCCCCCCCCCOC(=O)C(CC)SC(CC)C(=O)OCCCCCCCCCCCCCCCCC. The van der Waals surface area contributed by atoms with Crippen LogP contribution < -0.4 is 0 Å². The van der Waals surface area contributed by atoms with Gasteiger partial charge in [0.2, 0.25) is 0 Å². The number of thioether (sulfide) groups is 1. The highest BCUT2D eigenvalue weighted by molar-refractivity contribution is 8.01. The normalized spacial score (nSPS) is 12.7. The van der Waals surface area contributed by atoms with Gasteiger partial charge in [-0.3, -0.25) is 9.59 Å². The minimum Gasteiger partial charge on any atom is -0.465 e. The molecule has 0 aromatic carbocycles. The van der Waals surface area contributed by atoms with Crippen LogP contribution in [0.25, 0.3) is 0 Å². The van der Waals surface area contributed by atoms with Crippen LogP contribution in [0.15, 0.2) is 0 Å². The van der Waals surface area contributed by atoms with Gasteiger partial charge >= 0.3 is 11.9 Å². The van der Waals surface area contributed by atoms with Gasteiger partial charge in [-0.05, 0) is 25.7 Å². The third-order valence-electron chi connectivity index (χ3n) is 9.58. The van der Waals surface area contributed by atoms with Gasteiger partial charge in [0, 0.05) is 0 Å². The molecule has 2 atom stereocenters. The van der Waals surface area contributed by atoms with Crippen LogP contribution in [0, 0.1) is 0 Å². The van der Waals surface area contributed by atoms with Crippen LogP contribution >= 0.6 is 11.8 Å². The summed E-state index contributed by atoms with van der Waals surface area (Å²) in [7, 11) is 0. The molecule has 0 aliphatic carbocycles. The minimum atomic E-state index is -0.297. The van der Waals surface area contributed by atoms with Gasteiger partial charge in [0.1, 0.15) is 10.5 Å². The predicted molar refractivity (Wildman–Crippen MR) is 208 cm³/mol. The van der Waals surface area contributed by atoms with Gasteiger partial charge in [0.25, 0.3) is 0 Å². The second-order valence-electron chi connectivity index (χ2n) is 14.2. The standard InChI is InChI=1S/C42H82O4S/c1-5-9-11-13-15-17-19-21-23-25-27-29-31-33-35-37-45-41(43)39(7-3)47-40(8-4)42(44)46-38-36-34-32-30-28-26-24-22-20-18-16-14-12-10-6-2/h39-40H,5-38H2,1-4H3. The Hall–Kier alpha value is -0.710. The molecule has 0 spiro atoms. The Morgan fingerprint density at radius 1 is 0.362 bits per heavy atom. The lowest BCUT2D eigenvalue weighted by molar-refractivity contribution is -0.143. The van der Waals surface area contributed by atoms with Gasteiger partial charge in [0.15, 0.2) is 0 Å². The molecule has 0 aliphatic rings. The molecule has 0 radical (unpaired) electrons. The van der Waals surface area contributed by atoms with Crippen LogP contribution in [0.4, 0.5) is 0 Å². The number of esters is 2. The van der Waals surface area contributed by atoms with E-state index < -0.39 is 0 Å². The van der Waals surface area contributed by atoms with Gasteiger partial charge in [-0.2, -0.15) is 0 Å². The fraction of sp³-hybridized carbons (Fsp3) is 0.952. The highest BCUT2D eigenvalue weighted by Gasteiger charge is 2.27. The zero-order chi connectivity index (χ0) is 34.5. The third kappa shape index (κ3) is 32.3. The van der Waals surface area contributed by atoms with E-state index in [1.165, 1.54) is 179 Å². The summed E-state index contributed by atoms with van der Waals surface area (Å²) in [6.07, 6.45) is 41.1. The van der Waals surface area contributed by atoms with E-state index >= 15 is 0 Å². The summed E-state index contributed by atoms with van der Waals surface area (Å²) in [4.78, 5) is 25.4. The van der Waals surface area contributed by atoms with Crippen LogP contribution in [0.2, 0.25) is 0 Å².